The number of fused-ring (bicyclic) bond motifs is 1. The zero-order valence-corrected chi connectivity index (χ0v) is 15.8. The minimum absolute atomic E-state index is 0.583. The lowest BCUT2D eigenvalue weighted by Gasteiger charge is -2.52. The van der Waals surface area contributed by atoms with Gasteiger partial charge >= 0.3 is 0 Å². The molecule has 0 bridgehead atoms. The fourth-order valence-electron chi connectivity index (χ4n) is 17.8. The van der Waals surface area contributed by atoms with Gasteiger partial charge in [0.1, 0.15) is 5.75 Å². The number of benzene rings is 1. The summed E-state index contributed by atoms with van der Waals surface area (Å²) < 4.78 is 6.79. The van der Waals surface area contributed by atoms with Crippen LogP contribution >= 0.6 is 0 Å². The van der Waals surface area contributed by atoms with Crippen molar-refractivity contribution in [2.75, 3.05) is 6.61 Å². The zero-order chi connectivity index (χ0) is 16.8. The van der Waals surface area contributed by atoms with Gasteiger partial charge in [-0.05, 0) is 113 Å². The first-order chi connectivity index (χ1) is 13.9. The molecular formula is C27H24O. The maximum atomic E-state index is 6.79. The molecule has 0 amide bonds. The third kappa shape index (κ3) is 0.601. The first-order valence-corrected chi connectivity index (χ1v) is 12.7. The van der Waals surface area contributed by atoms with E-state index < -0.39 is 0 Å². The molecule has 12 fully saturated rings. The lowest BCUT2D eigenvalue weighted by atomic mass is 9.54. The van der Waals surface area contributed by atoms with E-state index in [1.807, 2.05) is 0 Å². The molecule has 12 aliphatic carbocycles. The third-order valence-electron chi connectivity index (χ3n) is 15.7. The van der Waals surface area contributed by atoms with Gasteiger partial charge in [-0.1, -0.05) is 18.2 Å². The van der Waals surface area contributed by atoms with Gasteiger partial charge in [-0.3, -0.25) is 0 Å². The Morgan fingerprint density at radius 2 is 1.07 bits per heavy atom. The molecule has 1 aromatic carbocycles. The summed E-state index contributed by atoms with van der Waals surface area (Å²) in [6, 6.07) is 9.55. The standard InChI is InChI=1S/C27H24O/c1-2-4-7-6(3-1)27-24-18-12-9-8-10-14(12)20(24)22-16(10)17-11(8)15-13(9)19(18)25(27)21(15)23(17)26(22,27)5-28-7/h1-4,8-25H,5H2/t8?,9?,10-,11-,12-,13+,14-,15+,16-,17+,18+,19+,20+,21+,22-,23-,24+,25-,26?,27?/m1/s1. The van der Waals surface area contributed by atoms with E-state index in [2.05, 4.69) is 24.3 Å². The van der Waals surface area contributed by atoms with Crippen molar-refractivity contribution in [3.63, 3.8) is 0 Å². The van der Waals surface area contributed by atoms with E-state index in [1.165, 1.54) is 76.8 Å². The molecule has 12 saturated carbocycles. The second-order valence-electron chi connectivity index (χ2n) is 13.9. The number of rotatable bonds is 0. The van der Waals surface area contributed by atoms with Gasteiger partial charge in [-0.25, -0.2) is 0 Å². The average Bonchev–Trinajstić information content (AvgIpc) is 3.44. The van der Waals surface area contributed by atoms with Crippen LogP contribution in [0.2, 0.25) is 0 Å². The molecule has 28 heavy (non-hydrogen) atoms. The van der Waals surface area contributed by atoms with Gasteiger partial charge in [-0.2, -0.15) is 0 Å². The minimum atomic E-state index is 0.583. The number of para-hydroxylation sites is 1. The van der Waals surface area contributed by atoms with Crippen molar-refractivity contribution in [2.24, 2.45) is 112 Å². The van der Waals surface area contributed by atoms with Crippen LogP contribution in [0.3, 0.4) is 0 Å². The van der Waals surface area contributed by atoms with Gasteiger partial charge < -0.3 is 4.74 Å². The second-order valence-corrected chi connectivity index (χ2v) is 13.9. The topological polar surface area (TPSA) is 9.23 Å². The molecule has 1 aliphatic heterocycles. The highest BCUT2D eigenvalue weighted by atomic mass is 16.5. The Bertz CT molecular complexity index is 1090. The fraction of sp³-hybridized carbons (Fsp3) is 0.778. The molecule has 13 aliphatic rings. The summed E-state index contributed by atoms with van der Waals surface area (Å²) in [4.78, 5) is 0. The van der Waals surface area contributed by atoms with Crippen LogP contribution in [0.25, 0.3) is 0 Å². The lowest BCUT2D eigenvalue weighted by Crippen LogP contribution is -2.54. The van der Waals surface area contributed by atoms with Crippen LogP contribution in [-0.4, -0.2) is 6.61 Å². The van der Waals surface area contributed by atoms with Crippen LogP contribution in [0.1, 0.15) is 5.56 Å². The lowest BCUT2D eigenvalue weighted by molar-refractivity contribution is -0.0134. The van der Waals surface area contributed by atoms with Gasteiger partial charge in [-0.15, -0.1) is 0 Å². The molecule has 0 aromatic heterocycles. The first kappa shape index (κ1) is 12.0. The van der Waals surface area contributed by atoms with Crippen LogP contribution in [0, 0.1) is 112 Å². The molecule has 1 heteroatoms. The summed E-state index contributed by atoms with van der Waals surface area (Å²) in [6.45, 7) is 1.13. The van der Waals surface area contributed by atoms with E-state index in [9.17, 15) is 0 Å². The quantitative estimate of drug-likeness (QED) is 0.684. The predicted molar refractivity (Wildman–Crippen MR) is 98.9 cm³/mol. The van der Waals surface area contributed by atoms with E-state index in [1.54, 1.807) is 5.56 Å². The highest BCUT2D eigenvalue weighted by molar-refractivity contribution is 5.60. The van der Waals surface area contributed by atoms with E-state index in [-0.39, 0.29) is 0 Å². The Hall–Kier alpha value is -0.980. The van der Waals surface area contributed by atoms with Crippen molar-refractivity contribution in [3.8, 4) is 5.75 Å². The summed E-state index contributed by atoms with van der Waals surface area (Å²) in [5.74, 6) is 22.4. The highest BCUT2D eigenvalue weighted by Crippen LogP contribution is 3.06. The van der Waals surface area contributed by atoms with Gasteiger partial charge in [0, 0.05) is 16.4 Å². The van der Waals surface area contributed by atoms with E-state index >= 15 is 0 Å². The number of hydrogen-bond acceptors (Lipinski definition) is 1. The van der Waals surface area contributed by atoms with Crippen LogP contribution in [0.15, 0.2) is 24.3 Å². The van der Waals surface area contributed by atoms with E-state index in [0.717, 1.165) is 42.1 Å². The summed E-state index contributed by atoms with van der Waals surface area (Å²) in [5.41, 5.74) is 2.94. The van der Waals surface area contributed by atoms with Crippen LogP contribution in [-0.2, 0) is 5.41 Å². The molecule has 1 nitrogen and oxygen atoms in total. The number of hydrogen-bond donors (Lipinski definition) is 0. The zero-order valence-electron chi connectivity index (χ0n) is 15.8. The minimum Gasteiger partial charge on any atom is -0.493 e. The van der Waals surface area contributed by atoms with E-state index in [4.69, 9.17) is 4.74 Å². The summed E-state index contributed by atoms with van der Waals surface area (Å²) >= 11 is 0. The molecule has 1 heterocycles. The van der Waals surface area contributed by atoms with Gasteiger partial charge in [0.05, 0.1) is 6.61 Å². The summed E-state index contributed by atoms with van der Waals surface area (Å²) in [6.07, 6.45) is 0. The molecule has 0 saturated heterocycles. The SMILES string of the molecule is c1ccc2c(c1)OCC13[C@@H]4[C@H]5[C@@H]6C7C8[C@@H]9[C@H]%10[C@@H]7[C@H]5[C@@H]1[C@H]%10[C@@H]1[C@@H]9[C@@H]5[C@@H]8[C@H]6[C@@H]4[C@@H]5C213. The summed E-state index contributed by atoms with van der Waals surface area (Å²) in [7, 11) is 0. The molecule has 4 unspecified atom stereocenters. The predicted octanol–water partition coefficient (Wildman–Crippen LogP) is 3.54. The molecule has 138 valence electrons. The summed E-state index contributed by atoms with van der Waals surface area (Å²) in [5, 5.41) is 0. The Morgan fingerprint density at radius 1 is 0.571 bits per heavy atom. The van der Waals surface area contributed by atoms with Crippen LogP contribution in [0.4, 0.5) is 0 Å². The van der Waals surface area contributed by atoms with Crippen molar-refractivity contribution in [1.29, 1.82) is 0 Å². The van der Waals surface area contributed by atoms with Crippen LogP contribution < -0.4 is 4.74 Å². The molecule has 2 spiro atoms. The fourth-order valence-corrected chi connectivity index (χ4v) is 17.8. The van der Waals surface area contributed by atoms with E-state index in [0.29, 0.717) is 10.8 Å². The largest absolute Gasteiger partial charge is 0.493 e. The van der Waals surface area contributed by atoms with Crippen molar-refractivity contribution in [1.82, 2.24) is 0 Å². The molecule has 1 aromatic rings. The molecule has 20 atom stereocenters. The van der Waals surface area contributed by atoms with Crippen molar-refractivity contribution in [2.45, 2.75) is 5.41 Å². The second kappa shape index (κ2) is 2.75. The Kier molecular flexibility index (Phi) is 1.18. The monoisotopic (exact) mass is 364 g/mol. The Balaban J connectivity index is 1.33. The van der Waals surface area contributed by atoms with Crippen molar-refractivity contribution >= 4 is 0 Å². The Morgan fingerprint density at radius 3 is 1.71 bits per heavy atom. The van der Waals surface area contributed by atoms with Crippen molar-refractivity contribution in [3.05, 3.63) is 29.8 Å². The molecular weight excluding hydrogens is 340 g/mol. The van der Waals surface area contributed by atoms with Gasteiger partial charge in [0.25, 0.3) is 0 Å². The highest BCUT2D eigenvalue weighted by Gasteiger charge is 3.05. The molecule has 14 rings (SSSR count). The third-order valence-corrected chi connectivity index (χ3v) is 15.7. The van der Waals surface area contributed by atoms with Crippen LogP contribution in [0.5, 0.6) is 5.75 Å². The maximum absolute atomic E-state index is 6.79. The number of ether oxygens (including phenoxy) is 1. The molecule has 0 radical (unpaired) electrons. The first-order valence-electron chi connectivity index (χ1n) is 12.7. The normalized spacial score (nSPS) is 87.0. The molecule has 0 N–H and O–H groups in total. The smallest absolute Gasteiger partial charge is 0.123 e. The average molecular weight is 364 g/mol. The van der Waals surface area contributed by atoms with Gasteiger partial charge in [0.2, 0.25) is 0 Å². The Labute approximate surface area is 164 Å². The van der Waals surface area contributed by atoms with Gasteiger partial charge in [0.15, 0.2) is 0 Å². The van der Waals surface area contributed by atoms with Crippen molar-refractivity contribution < 1.29 is 4.74 Å². The maximum Gasteiger partial charge on any atom is 0.123 e.